The van der Waals surface area contributed by atoms with Crippen LogP contribution in [-0.4, -0.2) is 57.0 Å². The van der Waals surface area contributed by atoms with Crippen molar-refractivity contribution >= 4 is 17.6 Å². The Morgan fingerprint density at radius 2 is 1.81 bits per heavy atom. The highest BCUT2D eigenvalue weighted by Crippen LogP contribution is 2.17. The maximum absolute atomic E-state index is 12.1. The topological polar surface area (TPSA) is 60.0 Å². The molecule has 1 rings (SSSR count). The molecule has 0 aliphatic rings. The monoisotopic (exact) mass is 361 g/mol. The zero-order valence-electron chi connectivity index (χ0n) is 17.2. The van der Waals surface area contributed by atoms with Crippen molar-refractivity contribution in [2.24, 2.45) is 4.99 Å². The van der Waals surface area contributed by atoms with E-state index in [1.54, 1.807) is 0 Å². The van der Waals surface area contributed by atoms with E-state index >= 15 is 0 Å². The minimum absolute atomic E-state index is 0.175. The second-order valence-corrected chi connectivity index (χ2v) is 6.44. The van der Waals surface area contributed by atoms with Crippen LogP contribution in [0.1, 0.15) is 38.3 Å². The standard InChI is InChI=1S/C20H35N5O/c1-7-21-20(22-13-12-19(26)25(8-2)9-3)23-15-17-10-11-18(24(5)6)14-16(17)4/h10-11,14H,7-9,12-13,15H2,1-6H3,(H2,21,22,23). The van der Waals surface area contributed by atoms with Gasteiger partial charge in [-0.05, 0) is 51.0 Å². The first-order chi connectivity index (χ1) is 12.4. The van der Waals surface area contributed by atoms with Crippen LogP contribution in [0.3, 0.4) is 0 Å². The molecule has 0 fully saturated rings. The van der Waals surface area contributed by atoms with Crippen LogP contribution in [0.15, 0.2) is 23.2 Å². The summed E-state index contributed by atoms with van der Waals surface area (Å²) in [6.07, 6.45) is 0.475. The molecule has 0 aliphatic carbocycles. The lowest BCUT2D eigenvalue weighted by molar-refractivity contribution is -0.130. The van der Waals surface area contributed by atoms with Crippen LogP contribution in [0, 0.1) is 6.92 Å². The van der Waals surface area contributed by atoms with E-state index < -0.39 is 0 Å². The summed E-state index contributed by atoms with van der Waals surface area (Å²) in [5.74, 6) is 0.921. The molecule has 2 N–H and O–H groups in total. The number of rotatable bonds is 9. The fourth-order valence-corrected chi connectivity index (χ4v) is 2.66. The van der Waals surface area contributed by atoms with Gasteiger partial charge in [-0.1, -0.05) is 6.07 Å². The molecule has 1 aromatic rings. The van der Waals surface area contributed by atoms with Crippen LogP contribution in [0.25, 0.3) is 0 Å². The molecule has 6 heteroatoms. The van der Waals surface area contributed by atoms with Gasteiger partial charge < -0.3 is 20.4 Å². The number of nitrogens with zero attached hydrogens (tertiary/aromatic N) is 3. The Balaban J connectivity index is 2.65. The number of carbonyl (C=O) groups is 1. The van der Waals surface area contributed by atoms with Gasteiger partial charge in [0.2, 0.25) is 5.91 Å². The van der Waals surface area contributed by atoms with Crippen molar-refractivity contribution in [1.29, 1.82) is 0 Å². The smallest absolute Gasteiger partial charge is 0.224 e. The predicted molar refractivity (Wildman–Crippen MR) is 111 cm³/mol. The Hall–Kier alpha value is -2.24. The summed E-state index contributed by atoms with van der Waals surface area (Å²) in [5.41, 5.74) is 3.62. The summed E-state index contributed by atoms with van der Waals surface area (Å²) >= 11 is 0. The number of anilines is 1. The number of hydrogen-bond donors (Lipinski definition) is 2. The van der Waals surface area contributed by atoms with E-state index in [4.69, 9.17) is 0 Å². The molecular weight excluding hydrogens is 326 g/mol. The minimum atomic E-state index is 0.175. The molecule has 0 saturated heterocycles. The molecule has 0 atom stereocenters. The van der Waals surface area contributed by atoms with E-state index in [1.165, 1.54) is 16.8 Å². The fraction of sp³-hybridized carbons (Fsp3) is 0.600. The van der Waals surface area contributed by atoms with Gasteiger partial charge in [0.25, 0.3) is 0 Å². The quantitative estimate of drug-likeness (QED) is 0.524. The first kappa shape index (κ1) is 21.8. The van der Waals surface area contributed by atoms with Crippen LogP contribution in [0.4, 0.5) is 5.69 Å². The highest BCUT2D eigenvalue weighted by atomic mass is 16.2. The van der Waals surface area contributed by atoms with E-state index in [1.807, 2.05) is 39.8 Å². The normalized spacial score (nSPS) is 11.2. The lowest BCUT2D eigenvalue weighted by Gasteiger charge is -2.19. The molecule has 0 spiro atoms. The average molecular weight is 362 g/mol. The molecule has 26 heavy (non-hydrogen) atoms. The molecule has 0 aliphatic heterocycles. The van der Waals surface area contributed by atoms with Crippen molar-refractivity contribution in [2.75, 3.05) is 45.2 Å². The highest BCUT2D eigenvalue weighted by Gasteiger charge is 2.09. The van der Waals surface area contributed by atoms with Gasteiger partial charge in [0.05, 0.1) is 6.54 Å². The fourth-order valence-electron chi connectivity index (χ4n) is 2.66. The van der Waals surface area contributed by atoms with E-state index in [0.717, 1.165) is 25.6 Å². The van der Waals surface area contributed by atoms with Gasteiger partial charge in [0, 0.05) is 52.4 Å². The largest absolute Gasteiger partial charge is 0.378 e. The van der Waals surface area contributed by atoms with Crippen LogP contribution < -0.4 is 15.5 Å². The first-order valence-corrected chi connectivity index (χ1v) is 9.49. The summed E-state index contributed by atoms with van der Waals surface area (Å²) in [5, 5.41) is 6.50. The van der Waals surface area contributed by atoms with Crippen LogP contribution in [0.5, 0.6) is 0 Å². The number of aryl methyl sites for hydroxylation is 1. The summed E-state index contributed by atoms with van der Waals surface area (Å²) in [6, 6.07) is 6.41. The second-order valence-electron chi connectivity index (χ2n) is 6.44. The Kier molecular flexibility index (Phi) is 9.55. The van der Waals surface area contributed by atoms with Crippen LogP contribution >= 0.6 is 0 Å². The first-order valence-electron chi connectivity index (χ1n) is 9.49. The van der Waals surface area contributed by atoms with E-state index in [0.29, 0.717) is 19.5 Å². The molecule has 146 valence electrons. The molecule has 0 saturated carbocycles. The lowest BCUT2D eigenvalue weighted by Crippen LogP contribution is -2.40. The number of amides is 1. The average Bonchev–Trinajstić information content (AvgIpc) is 2.61. The maximum atomic E-state index is 12.1. The third kappa shape index (κ3) is 6.94. The number of aliphatic imine (C=N–C) groups is 1. The molecule has 1 amide bonds. The van der Waals surface area contributed by atoms with Crippen LogP contribution in [0.2, 0.25) is 0 Å². The Morgan fingerprint density at radius 1 is 1.12 bits per heavy atom. The van der Waals surface area contributed by atoms with Gasteiger partial charge in [-0.3, -0.25) is 4.79 Å². The third-order valence-corrected chi connectivity index (χ3v) is 4.34. The van der Waals surface area contributed by atoms with Crippen molar-refractivity contribution in [1.82, 2.24) is 15.5 Å². The second kappa shape index (κ2) is 11.4. The van der Waals surface area contributed by atoms with Gasteiger partial charge in [-0.25, -0.2) is 4.99 Å². The predicted octanol–water partition coefficient (Wildman–Crippen LogP) is 2.37. The van der Waals surface area contributed by atoms with Crippen molar-refractivity contribution in [3.8, 4) is 0 Å². The minimum Gasteiger partial charge on any atom is -0.378 e. The van der Waals surface area contributed by atoms with E-state index in [9.17, 15) is 4.79 Å². The summed E-state index contributed by atoms with van der Waals surface area (Å²) in [4.78, 5) is 20.7. The number of carbonyl (C=O) groups excluding carboxylic acids is 1. The van der Waals surface area contributed by atoms with E-state index in [2.05, 4.69) is 45.6 Å². The number of benzene rings is 1. The summed E-state index contributed by atoms with van der Waals surface area (Å²) in [7, 11) is 4.08. The molecular formula is C20H35N5O. The van der Waals surface area contributed by atoms with Gasteiger partial charge in [0.15, 0.2) is 5.96 Å². The molecule has 0 unspecified atom stereocenters. The highest BCUT2D eigenvalue weighted by molar-refractivity contribution is 5.81. The Bertz CT molecular complexity index is 594. The number of hydrogen-bond acceptors (Lipinski definition) is 3. The zero-order valence-corrected chi connectivity index (χ0v) is 17.2. The zero-order chi connectivity index (χ0) is 19.5. The lowest BCUT2D eigenvalue weighted by atomic mass is 10.1. The van der Waals surface area contributed by atoms with Gasteiger partial charge >= 0.3 is 0 Å². The maximum Gasteiger partial charge on any atom is 0.224 e. The van der Waals surface area contributed by atoms with Crippen molar-refractivity contribution in [3.05, 3.63) is 29.3 Å². The SMILES string of the molecule is CCNC(=NCc1ccc(N(C)C)cc1C)NCCC(=O)N(CC)CC. The molecule has 6 nitrogen and oxygen atoms in total. The van der Waals surface area contributed by atoms with Gasteiger partial charge in [0.1, 0.15) is 0 Å². The molecule has 1 aromatic carbocycles. The number of guanidine groups is 1. The summed E-state index contributed by atoms with van der Waals surface area (Å²) in [6.45, 7) is 11.6. The molecule has 0 aromatic heterocycles. The van der Waals surface area contributed by atoms with E-state index in [-0.39, 0.29) is 5.91 Å². The van der Waals surface area contributed by atoms with Crippen LogP contribution in [-0.2, 0) is 11.3 Å². The Labute approximate surface area is 158 Å². The molecule has 0 radical (unpaired) electrons. The van der Waals surface area contributed by atoms with Crippen molar-refractivity contribution in [2.45, 2.75) is 40.7 Å². The van der Waals surface area contributed by atoms with Gasteiger partial charge in [-0.15, -0.1) is 0 Å². The van der Waals surface area contributed by atoms with Crippen molar-refractivity contribution < 1.29 is 4.79 Å². The van der Waals surface area contributed by atoms with Crippen molar-refractivity contribution in [3.63, 3.8) is 0 Å². The number of nitrogens with one attached hydrogen (secondary N) is 2. The Morgan fingerprint density at radius 3 is 2.35 bits per heavy atom. The van der Waals surface area contributed by atoms with Gasteiger partial charge in [-0.2, -0.15) is 0 Å². The summed E-state index contributed by atoms with van der Waals surface area (Å²) < 4.78 is 0. The molecule has 0 heterocycles. The third-order valence-electron chi connectivity index (χ3n) is 4.34. The molecule has 0 bridgehead atoms.